The van der Waals surface area contributed by atoms with Crippen LogP contribution in [0.25, 0.3) is 0 Å². The summed E-state index contributed by atoms with van der Waals surface area (Å²) in [5, 5.41) is 0. The Hall–Kier alpha value is -1.07. The van der Waals surface area contributed by atoms with Gasteiger partial charge in [0.25, 0.3) is 0 Å². The van der Waals surface area contributed by atoms with Crippen molar-refractivity contribution in [2.24, 2.45) is 0 Å². The van der Waals surface area contributed by atoms with Crippen LogP contribution in [0.4, 0.5) is 0 Å². The number of nitrogens with zero attached hydrogens (tertiary/aromatic N) is 1. The molecule has 1 heterocycles. The highest BCUT2D eigenvalue weighted by Gasteiger charge is 2.10. The van der Waals surface area contributed by atoms with E-state index in [2.05, 4.69) is 37.5 Å². The fourth-order valence-corrected chi connectivity index (χ4v) is 2.88. The SMILES string of the molecule is C=CCc1cc(C)cc(C)c1OCCOCCN1CCOCC1.Cl. The molecule has 1 aromatic carbocycles. The Balaban J connectivity index is 0.00000288. The van der Waals surface area contributed by atoms with E-state index in [-0.39, 0.29) is 12.4 Å². The lowest BCUT2D eigenvalue weighted by atomic mass is 10.0. The van der Waals surface area contributed by atoms with Crippen molar-refractivity contribution >= 4 is 12.4 Å². The largest absolute Gasteiger partial charge is 0.491 e. The lowest BCUT2D eigenvalue weighted by Gasteiger charge is -2.26. The van der Waals surface area contributed by atoms with Crippen molar-refractivity contribution in [3.63, 3.8) is 0 Å². The number of allylic oxidation sites excluding steroid dienone is 1. The van der Waals surface area contributed by atoms with Crippen LogP contribution in [0.2, 0.25) is 0 Å². The number of ether oxygens (including phenoxy) is 3. The quantitative estimate of drug-likeness (QED) is 0.503. The van der Waals surface area contributed by atoms with Gasteiger partial charge in [-0.05, 0) is 31.4 Å². The van der Waals surface area contributed by atoms with Gasteiger partial charge in [-0.25, -0.2) is 0 Å². The van der Waals surface area contributed by atoms with E-state index in [9.17, 15) is 0 Å². The fourth-order valence-electron chi connectivity index (χ4n) is 2.88. The molecule has 1 aromatic rings. The first-order valence-corrected chi connectivity index (χ1v) is 8.42. The van der Waals surface area contributed by atoms with Crippen LogP contribution in [0.3, 0.4) is 0 Å². The zero-order valence-electron chi connectivity index (χ0n) is 14.9. The zero-order valence-corrected chi connectivity index (χ0v) is 15.7. The molecule has 0 aromatic heterocycles. The summed E-state index contributed by atoms with van der Waals surface area (Å²) < 4.78 is 17.0. The van der Waals surface area contributed by atoms with Gasteiger partial charge in [0.2, 0.25) is 0 Å². The van der Waals surface area contributed by atoms with Crippen LogP contribution in [0.15, 0.2) is 24.8 Å². The Bertz CT molecular complexity index is 502. The first kappa shape index (κ1) is 21.0. The van der Waals surface area contributed by atoms with Gasteiger partial charge in [0.1, 0.15) is 12.4 Å². The third-order valence-corrected chi connectivity index (χ3v) is 3.99. The summed E-state index contributed by atoms with van der Waals surface area (Å²) in [6.07, 6.45) is 2.75. The summed E-state index contributed by atoms with van der Waals surface area (Å²) >= 11 is 0. The molecule has 24 heavy (non-hydrogen) atoms. The van der Waals surface area contributed by atoms with Crippen LogP contribution in [-0.4, -0.2) is 57.6 Å². The number of halogens is 1. The molecule has 0 aliphatic carbocycles. The van der Waals surface area contributed by atoms with E-state index in [1.54, 1.807) is 0 Å². The molecule has 1 saturated heterocycles. The molecule has 0 bridgehead atoms. The molecule has 1 aliphatic heterocycles. The second kappa shape index (κ2) is 11.5. The molecule has 4 nitrogen and oxygen atoms in total. The molecule has 0 saturated carbocycles. The van der Waals surface area contributed by atoms with Crippen molar-refractivity contribution in [3.8, 4) is 5.75 Å². The van der Waals surface area contributed by atoms with E-state index < -0.39 is 0 Å². The fraction of sp³-hybridized carbons (Fsp3) is 0.579. The Morgan fingerprint density at radius 1 is 1.17 bits per heavy atom. The maximum Gasteiger partial charge on any atom is 0.125 e. The third-order valence-electron chi connectivity index (χ3n) is 3.99. The van der Waals surface area contributed by atoms with Gasteiger partial charge in [-0.3, -0.25) is 4.90 Å². The summed E-state index contributed by atoms with van der Waals surface area (Å²) in [5.74, 6) is 0.979. The molecule has 5 heteroatoms. The standard InChI is InChI=1S/C19H29NO3.ClH/c1-4-5-18-15-16(2)14-17(3)19(18)23-13-12-22-11-8-20-6-9-21-10-7-20;/h4,14-15H,1,5-13H2,2-3H3;1H. The molecule has 0 amide bonds. The smallest absolute Gasteiger partial charge is 0.125 e. The van der Waals surface area contributed by atoms with Crippen LogP contribution >= 0.6 is 12.4 Å². The van der Waals surface area contributed by atoms with Crippen molar-refractivity contribution in [2.45, 2.75) is 20.3 Å². The minimum atomic E-state index is 0. The average Bonchev–Trinajstić information content (AvgIpc) is 2.54. The molecular formula is C19H30ClNO3. The minimum absolute atomic E-state index is 0. The van der Waals surface area contributed by atoms with E-state index in [4.69, 9.17) is 14.2 Å². The van der Waals surface area contributed by atoms with Crippen molar-refractivity contribution in [1.82, 2.24) is 4.90 Å². The summed E-state index contributed by atoms with van der Waals surface area (Å²) in [4.78, 5) is 2.37. The Labute approximate surface area is 152 Å². The predicted molar refractivity (Wildman–Crippen MR) is 101 cm³/mol. The molecule has 0 N–H and O–H groups in total. The monoisotopic (exact) mass is 355 g/mol. The van der Waals surface area contributed by atoms with Crippen LogP contribution in [0.5, 0.6) is 5.75 Å². The third kappa shape index (κ3) is 6.81. The second-order valence-corrected chi connectivity index (χ2v) is 5.98. The second-order valence-electron chi connectivity index (χ2n) is 5.98. The Morgan fingerprint density at radius 2 is 1.92 bits per heavy atom. The van der Waals surface area contributed by atoms with Crippen molar-refractivity contribution < 1.29 is 14.2 Å². The maximum absolute atomic E-state index is 5.96. The number of benzene rings is 1. The van der Waals surface area contributed by atoms with Crippen molar-refractivity contribution in [1.29, 1.82) is 0 Å². The lowest BCUT2D eigenvalue weighted by Crippen LogP contribution is -2.38. The zero-order chi connectivity index (χ0) is 16.5. The van der Waals surface area contributed by atoms with E-state index in [0.717, 1.165) is 51.6 Å². The maximum atomic E-state index is 5.96. The number of rotatable bonds is 9. The summed E-state index contributed by atoms with van der Waals surface area (Å²) in [7, 11) is 0. The average molecular weight is 356 g/mol. The molecular weight excluding hydrogens is 326 g/mol. The summed E-state index contributed by atoms with van der Waals surface area (Å²) in [6, 6.07) is 4.32. The van der Waals surface area contributed by atoms with Crippen LogP contribution in [0.1, 0.15) is 16.7 Å². The van der Waals surface area contributed by atoms with E-state index >= 15 is 0 Å². The van der Waals surface area contributed by atoms with Gasteiger partial charge < -0.3 is 14.2 Å². The van der Waals surface area contributed by atoms with Crippen molar-refractivity contribution in [3.05, 3.63) is 41.5 Å². The normalized spacial score (nSPS) is 14.9. The molecule has 1 aliphatic rings. The molecule has 0 unspecified atom stereocenters. The first-order chi connectivity index (χ1) is 11.2. The van der Waals surface area contributed by atoms with Crippen molar-refractivity contribution in [2.75, 3.05) is 52.7 Å². The van der Waals surface area contributed by atoms with Crippen LogP contribution in [-0.2, 0) is 15.9 Å². The summed E-state index contributed by atoms with van der Waals surface area (Å²) in [6.45, 7) is 14.6. The molecule has 136 valence electrons. The van der Waals surface area contributed by atoms with Gasteiger partial charge in [-0.2, -0.15) is 0 Å². The van der Waals surface area contributed by atoms with Gasteiger partial charge in [0, 0.05) is 19.6 Å². The number of hydrogen-bond acceptors (Lipinski definition) is 4. The van der Waals surface area contributed by atoms with Gasteiger partial charge in [-0.15, -0.1) is 19.0 Å². The molecule has 1 fully saturated rings. The topological polar surface area (TPSA) is 30.9 Å². The minimum Gasteiger partial charge on any atom is -0.491 e. The van der Waals surface area contributed by atoms with Gasteiger partial charge in [-0.1, -0.05) is 23.8 Å². The van der Waals surface area contributed by atoms with E-state index in [0.29, 0.717) is 13.2 Å². The van der Waals surface area contributed by atoms with Crippen LogP contribution in [0, 0.1) is 13.8 Å². The van der Waals surface area contributed by atoms with Gasteiger partial charge >= 0.3 is 0 Å². The molecule has 2 rings (SSSR count). The van der Waals surface area contributed by atoms with E-state index in [1.165, 1.54) is 16.7 Å². The Morgan fingerprint density at radius 3 is 2.62 bits per heavy atom. The summed E-state index contributed by atoms with van der Waals surface area (Å²) in [5.41, 5.74) is 3.63. The number of hydrogen-bond donors (Lipinski definition) is 0. The highest BCUT2D eigenvalue weighted by Crippen LogP contribution is 2.26. The Kier molecular flexibility index (Phi) is 10.0. The van der Waals surface area contributed by atoms with Gasteiger partial charge in [0.15, 0.2) is 0 Å². The molecule has 0 spiro atoms. The van der Waals surface area contributed by atoms with E-state index in [1.807, 2.05) is 6.08 Å². The number of aryl methyl sites for hydroxylation is 2. The highest BCUT2D eigenvalue weighted by atomic mass is 35.5. The van der Waals surface area contributed by atoms with Gasteiger partial charge in [0.05, 0.1) is 26.4 Å². The molecule has 0 atom stereocenters. The van der Waals surface area contributed by atoms with Crippen LogP contribution < -0.4 is 4.74 Å². The number of morpholine rings is 1. The predicted octanol–water partition coefficient (Wildman–Crippen LogP) is 3.18. The molecule has 0 radical (unpaired) electrons. The lowest BCUT2D eigenvalue weighted by molar-refractivity contribution is 0.0170. The first-order valence-electron chi connectivity index (χ1n) is 8.42. The highest BCUT2D eigenvalue weighted by molar-refractivity contribution is 5.85.